The largest absolute Gasteiger partial charge is 0.493 e. The minimum Gasteiger partial charge on any atom is -0.493 e. The number of benzene rings is 2. The standard InChI is InChI=1S/C25H36N4O2.HI/c1-19-7-5-6-14-29(19)18-21-10-8-20(9-11-21)16-27-25(26-2)28-17-22-12-13-23(30-3)24(15-22)31-4;/h8-13,15,19H,5-7,14,16-18H2,1-4H3,(H2,26,27,28);1H. The Morgan fingerprint density at radius 1 is 0.938 bits per heavy atom. The van der Waals surface area contributed by atoms with E-state index in [9.17, 15) is 0 Å². The van der Waals surface area contributed by atoms with Crippen molar-refractivity contribution >= 4 is 29.9 Å². The number of rotatable bonds is 8. The molecule has 6 nitrogen and oxygen atoms in total. The highest BCUT2D eigenvalue weighted by Crippen LogP contribution is 2.27. The SMILES string of the molecule is CN=C(NCc1ccc(CN2CCCCC2C)cc1)NCc1ccc(OC)c(OC)c1.I. The number of hydrogen-bond donors (Lipinski definition) is 2. The Hall–Kier alpha value is -2.00. The maximum absolute atomic E-state index is 5.38. The lowest BCUT2D eigenvalue weighted by Gasteiger charge is -2.33. The van der Waals surface area contributed by atoms with E-state index in [2.05, 4.69) is 51.7 Å². The molecule has 0 aromatic heterocycles. The second-order valence-electron chi connectivity index (χ2n) is 8.10. The summed E-state index contributed by atoms with van der Waals surface area (Å²) in [4.78, 5) is 6.92. The van der Waals surface area contributed by atoms with Crippen LogP contribution < -0.4 is 20.1 Å². The summed E-state index contributed by atoms with van der Waals surface area (Å²) in [6.07, 6.45) is 4.00. The van der Waals surface area contributed by atoms with Crippen LogP contribution in [0, 0.1) is 0 Å². The first-order valence-electron chi connectivity index (χ1n) is 11.1. The van der Waals surface area contributed by atoms with Gasteiger partial charge in [0.1, 0.15) is 0 Å². The molecule has 0 saturated carbocycles. The molecule has 1 aliphatic rings. The molecule has 1 fully saturated rings. The average Bonchev–Trinajstić information content (AvgIpc) is 2.81. The highest BCUT2D eigenvalue weighted by molar-refractivity contribution is 14.0. The second-order valence-corrected chi connectivity index (χ2v) is 8.10. The molecule has 7 heteroatoms. The van der Waals surface area contributed by atoms with E-state index >= 15 is 0 Å². The number of aliphatic imine (C=N–C) groups is 1. The molecule has 32 heavy (non-hydrogen) atoms. The Morgan fingerprint density at radius 3 is 2.19 bits per heavy atom. The van der Waals surface area contributed by atoms with E-state index in [1.165, 1.54) is 36.9 Å². The zero-order valence-electron chi connectivity index (χ0n) is 19.7. The van der Waals surface area contributed by atoms with Gasteiger partial charge in [0, 0.05) is 32.7 Å². The lowest BCUT2D eigenvalue weighted by atomic mass is 10.0. The van der Waals surface area contributed by atoms with Gasteiger partial charge in [-0.1, -0.05) is 36.8 Å². The maximum atomic E-state index is 5.38. The molecule has 1 aliphatic heterocycles. The number of methoxy groups -OCH3 is 2. The number of guanidine groups is 1. The Labute approximate surface area is 209 Å². The number of likely N-dealkylation sites (tertiary alicyclic amines) is 1. The predicted octanol–water partition coefficient (Wildman–Crippen LogP) is 4.56. The van der Waals surface area contributed by atoms with E-state index in [0.29, 0.717) is 12.6 Å². The molecular weight excluding hydrogens is 515 g/mol. The molecule has 2 aromatic rings. The second kappa shape index (κ2) is 13.5. The fraction of sp³-hybridized carbons (Fsp3) is 0.480. The molecule has 0 aliphatic carbocycles. The molecule has 2 N–H and O–H groups in total. The molecule has 0 spiro atoms. The van der Waals surface area contributed by atoms with E-state index in [4.69, 9.17) is 9.47 Å². The van der Waals surface area contributed by atoms with Gasteiger partial charge < -0.3 is 20.1 Å². The monoisotopic (exact) mass is 552 g/mol. The maximum Gasteiger partial charge on any atom is 0.191 e. The van der Waals surface area contributed by atoms with Crippen LogP contribution in [0.2, 0.25) is 0 Å². The fourth-order valence-electron chi connectivity index (χ4n) is 3.97. The van der Waals surface area contributed by atoms with Crippen LogP contribution in [0.4, 0.5) is 0 Å². The van der Waals surface area contributed by atoms with Crippen LogP contribution in [-0.2, 0) is 19.6 Å². The summed E-state index contributed by atoms with van der Waals surface area (Å²) in [6, 6.07) is 15.5. The Morgan fingerprint density at radius 2 is 1.56 bits per heavy atom. The van der Waals surface area contributed by atoms with Gasteiger partial charge in [0.05, 0.1) is 14.2 Å². The van der Waals surface area contributed by atoms with Crippen molar-refractivity contribution in [1.29, 1.82) is 0 Å². The summed E-state index contributed by atoms with van der Waals surface area (Å²) >= 11 is 0. The summed E-state index contributed by atoms with van der Waals surface area (Å²) in [5.41, 5.74) is 3.72. The third-order valence-corrected chi connectivity index (χ3v) is 5.94. The summed E-state index contributed by atoms with van der Waals surface area (Å²) in [5.74, 6) is 2.22. The van der Waals surface area contributed by atoms with Crippen molar-refractivity contribution in [1.82, 2.24) is 15.5 Å². The summed E-state index contributed by atoms with van der Waals surface area (Å²) in [7, 11) is 5.07. The van der Waals surface area contributed by atoms with Crippen LogP contribution in [-0.4, -0.2) is 44.7 Å². The first kappa shape index (κ1) is 26.3. The Bertz CT molecular complexity index is 858. The molecule has 2 aromatic carbocycles. The zero-order chi connectivity index (χ0) is 22.1. The van der Waals surface area contributed by atoms with Gasteiger partial charge >= 0.3 is 0 Å². The van der Waals surface area contributed by atoms with Crippen LogP contribution in [0.3, 0.4) is 0 Å². The molecule has 0 bridgehead atoms. The molecular formula is C25H37IN4O2. The van der Waals surface area contributed by atoms with Gasteiger partial charge in [-0.25, -0.2) is 0 Å². The van der Waals surface area contributed by atoms with Gasteiger partial charge in [-0.05, 0) is 55.1 Å². The average molecular weight is 553 g/mol. The number of hydrogen-bond acceptors (Lipinski definition) is 4. The van der Waals surface area contributed by atoms with E-state index < -0.39 is 0 Å². The molecule has 1 saturated heterocycles. The van der Waals surface area contributed by atoms with E-state index in [-0.39, 0.29) is 24.0 Å². The van der Waals surface area contributed by atoms with Crippen molar-refractivity contribution < 1.29 is 9.47 Å². The summed E-state index contributed by atoms with van der Waals surface area (Å²) in [5, 5.41) is 6.74. The first-order chi connectivity index (χ1) is 15.1. The smallest absolute Gasteiger partial charge is 0.191 e. The third kappa shape index (κ3) is 7.55. The fourth-order valence-corrected chi connectivity index (χ4v) is 3.97. The van der Waals surface area contributed by atoms with Crippen molar-refractivity contribution in [3.05, 3.63) is 59.2 Å². The zero-order valence-corrected chi connectivity index (χ0v) is 22.0. The minimum atomic E-state index is 0. The molecule has 1 unspecified atom stereocenters. The van der Waals surface area contributed by atoms with Crippen molar-refractivity contribution in [3.63, 3.8) is 0 Å². The minimum absolute atomic E-state index is 0. The van der Waals surface area contributed by atoms with Gasteiger partial charge in [0.15, 0.2) is 17.5 Å². The number of nitrogens with zero attached hydrogens (tertiary/aromatic N) is 2. The normalized spacial score (nSPS) is 16.8. The molecule has 3 rings (SSSR count). The topological polar surface area (TPSA) is 58.1 Å². The molecule has 1 atom stereocenters. The Balaban J connectivity index is 0.00000363. The van der Waals surface area contributed by atoms with Gasteiger partial charge in [-0.15, -0.1) is 24.0 Å². The van der Waals surface area contributed by atoms with Crippen molar-refractivity contribution in [2.45, 2.75) is 51.9 Å². The van der Waals surface area contributed by atoms with Crippen LogP contribution in [0.1, 0.15) is 42.9 Å². The van der Waals surface area contributed by atoms with Crippen LogP contribution in [0.15, 0.2) is 47.5 Å². The molecule has 0 radical (unpaired) electrons. The highest BCUT2D eigenvalue weighted by Gasteiger charge is 2.17. The lowest BCUT2D eigenvalue weighted by molar-refractivity contribution is 0.152. The third-order valence-electron chi connectivity index (χ3n) is 5.94. The lowest BCUT2D eigenvalue weighted by Crippen LogP contribution is -2.37. The number of nitrogens with one attached hydrogen (secondary N) is 2. The molecule has 1 heterocycles. The highest BCUT2D eigenvalue weighted by atomic mass is 127. The van der Waals surface area contributed by atoms with Crippen molar-refractivity contribution in [2.75, 3.05) is 27.8 Å². The molecule has 176 valence electrons. The number of piperidine rings is 1. The van der Waals surface area contributed by atoms with E-state index in [0.717, 1.165) is 36.1 Å². The van der Waals surface area contributed by atoms with Gasteiger partial charge in [-0.2, -0.15) is 0 Å². The number of ether oxygens (including phenoxy) is 2. The summed E-state index contributed by atoms with van der Waals surface area (Å²) < 4.78 is 10.7. The van der Waals surface area contributed by atoms with Gasteiger partial charge in [0.2, 0.25) is 0 Å². The van der Waals surface area contributed by atoms with Crippen LogP contribution in [0.5, 0.6) is 11.5 Å². The summed E-state index contributed by atoms with van der Waals surface area (Å²) in [6.45, 7) is 5.98. The Kier molecular flexibility index (Phi) is 11.1. The van der Waals surface area contributed by atoms with Crippen LogP contribution in [0.25, 0.3) is 0 Å². The van der Waals surface area contributed by atoms with E-state index in [1.54, 1.807) is 21.3 Å². The van der Waals surface area contributed by atoms with Crippen molar-refractivity contribution in [2.24, 2.45) is 4.99 Å². The predicted molar refractivity (Wildman–Crippen MR) is 142 cm³/mol. The quantitative estimate of drug-likeness (QED) is 0.286. The van der Waals surface area contributed by atoms with Gasteiger partial charge in [-0.3, -0.25) is 9.89 Å². The molecule has 0 amide bonds. The van der Waals surface area contributed by atoms with Crippen molar-refractivity contribution in [3.8, 4) is 11.5 Å². The number of halogens is 1. The van der Waals surface area contributed by atoms with Crippen LogP contribution >= 0.6 is 24.0 Å². The van der Waals surface area contributed by atoms with Gasteiger partial charge in [0.25, 0.3) is 0 Å². The first-order valence-corrected chi connectivity index (χ1v) is 11.1. The van der Waals surface area contributed by atoms with E-state index in [1.807, 2.05) is 18.2 Å².